The molecular formula is C26H32F3NO4. The highest BCUT2D eigenvalue weighted by molar-refractivity contribution is 5.81. The molecule has 0 aliphatic rings. The fourth-order valence-corrected chi connectivity index (χ4v) is 3.99. The van der Waals surface area contributed by atoms with Gasteiger partial charge in [-0.1, -0.05) is 58.0 Å². The van der Waals surface area contributed by atoms with Gasteiger partial charge in [-0.3, -0.25) is 9.59 Å². The first-order valence-corrected chi connectivity index (χ1v) is 11.2. The molecule has 1 N–H and O–H groups in total. The molecular weight excluding hydrogens is 447 g/mol. The topological polar surface area (TPSA) is 76.5 Å². The number of allylic oxidation sites excluding steroid dienone is 1. The van der Waals surface area contributed by atoms with Gasteiger partial charge in [0.25, 0.3) is 0 Å². The molecule has 0 unspecified atom stereocenters. The van der Waals surface area contributed by atoms with Crippen LogP contribution in [0.25, 0.3) is 17.0 Å². The maximum atomic E-state index is 14.0. The van der Waals surface area contributed by atoms with E-state index in [1.807, 2.05) is 12.1 Å². The Bertz CT molecular complexity index is 1060. The van der Waals surface area contributed by atoms with Crippen LogP contribution in [0.1, 0.15) is 65.3 Å². The first kappa shape index (κ1) is 27.3. The maximum Gasteiger partial charge on any atom is 0.392 e. The van der Waals surface area contributed by atoms with E-state index in [0.717, 1.165) is 5.39 Å². The predicted molar refractivity (Wildman–Crippen MR) is 125 cm³/mol. The molecule has 0 bridgehead atoms. The van der Waals surface area contributed by atoms with Crippen molar-refractivity contribution in [2.45, 2.75) is 60.2 Å². The van der Waals surface area contributed by atoms with Crippen LogP contribution in [0.5, 0.6) is 0 Å². The zero-order valence-electron chi connectivity index (χ0n) is 20.3. The average molecular weight is 480 g/mol. The second-order valence-electron chi connectivity index (χ2n) is 9.61. The van der Waals surface area contributed by atoms with Gasteiger partial charge in [-0.05, 0) is 42.4 Å². The van der Waals surface area contributed by atoms with Gasteiger partial charge in [0, 0.05) is 12.3 Å². The number of pyridine rings is 1. The smallest absolute Gasteiger partial charge is 0.392 e. The Morgan fingerprint density at radius 1 is 1.12 bits per heavy atom. The van der Waals surface area contributed by atoms with Crippen molar-refractivity contribution in [1.29, 1.82) is 0 Å². The van der Waals surface area contributed by atoms with Crippen LogP contribution in [0.4, 0.5) is 13.2 Å². The number of benzene rings is 1. The highest BCUT2D eigenvalue weighted by Crippen LogP contribution is 2.45. The summed E-state index contributed by atoms with van der Waals surface area (Å²) in [5.74, 6) is -4.98. The van der Waals surface area contributed by atoms with E-state index in [2.05, 4.69) is 4.98 Å². The zero-order valence-corrected chi connectivity index (χ0v) is 20.3. The minimum absolute atomic E-state index is 0.419. The number of fused-ring (bicyclic) bond motifs is 1. The van der Waals surface area contributed by atoms with Crippen molar-refractivity contribution in [1.82, 2.24) is 4.98 Å². The quantitative estimate of drug-likeness (QED) is 0.399. The molecule has 0 aliphatic carbocycles. The number of carboxylic acids is 1. The highest BCUT2D eigenvalue weighted by Gasteiger charge is 2.49. The molecule has 0 radical (unpaired) electrons. The highest BCUT2D eigenvalue weighted by atomic mass is 19.4. The number of hydrogen-bond donors (Lipinski definition) is 1. The molecule has 0 amide bonds. The van der Waals surface area contributed by atoms with Crippen molar-refractivity contribution in [3.63, 3.8) is 0 Å². The fourth-order valence-electron chi connectivity index (χ4n) is 3.99. The lowest BCUT2D eigenvalue weighted by Crippen LogP contribution is -2.39. The molecule has 1 aromatic heterocycles. The zero-order chi connectivity index (χ0) is 25.8. The van der Waals surface area contributed by atoms with Gasteiger partial charge in [-0.25, -0.2) is 4.98 Å². The van der Waals surface area contributed by atoms with E-state index in [9.17, 15) is 27.9 Å². The number of hydrogen-bond acceptors (Lipinski definition) is 4. The molecule has 5 nitrogen and oxygen atoms in total. The molecule has 0 spiro atoms. The van der Waals surface area contributed by atoms with E-state index < -0.39 is 53.8 Å². The summed E-state index contributed by atoms with van der Waals surface area (Å²) in [6, 6.07) is 8.95. The molecule has 1 aromatic carbocycles. The Morgan fingerprint density at radius 2 is 1.74 bits per heavy atom. The second-order valence-corrected chi connectivity index (χ2v) is 9.61. The molecule has 3 atom stereocenters. The lowest BCUT2D eigenvalue weighted by atomic mass is 9.71. The Kier molecular flexibility index (Phi) is 8.50. The molecule has 0 fully saturated rings. The number of halogens is 3. The van der Waals surface area contributed by atoms with E-state index in [0.29, 0.717) is 16.8 Å². The van der Waals surface area contributed by atoms with E-state index in [1.165, 1.54) is 26.8 Å². The number of ether oxygens (including phenoxy) is 1. The summed E-state index contributed by atoms with van der Waals surface area (Å²) in [6.45, 7) is 9.20. The monoisotopic (exact) mass is 479 g/mol. The number of aromatic nitrogens is 1. The van der Waals surface area contributed by atoms with Crippen molar-refractivity contribution in [2.24, 2.45) is 23.2 Å². The van der Waals surface area contributed by atoms with Crippen LogP contribution in [0.2, 0.25) is 0 Å². The Morgan fingerprint density at radius 3 is 2.26 bits per heavy atom. The van der Waals surface area contributed by atoms with Gasteiger partial charge in [-0.15, -0.1) is 0 Å². The normalized spacial score (nSPS) is 15.5. The van der Waals surface area contributed by atoms with Crippen LogP contribution >= 0.6 is 0 Å². The molecule has 0 saturated carbocycles. The molecule has 0 aliphatic heterocycles. The number of aliphatic carboxylic acids is 1. The van der Waals surface area contributed by atoms with Gasteiger partial charge in [0.15, 0.2) is 0 Å². The molecule has 2 aromatic rings. The van der Waals surface area contributed by atoms with Gasteiger partial charge in [0.05, 0.1) is 23.0 Å². The number of rotatable bonds is 9. The fraction of sp³-hybridized carbons (Fsp3) is 0.500. The van der Waals surface area contributed by atoms with Crippen molar-refractivity contribution in [3.8, 4) is 0 Å². The first-order chi connectivity index (χ1) is 15.6. The lowest BCUT2D eigenvalue weighted by molar-refractivity contribution is -0.203. The predicted octanol–water partition coefficient (Wildman–Crippen LogP) is 6.82. The van der Waals surface area contributed by atoms with Gasteiger partial charge in [0.2, 0.25) is 0 Å². The number of carbonyl (C=O) groups excluding carboxylic acids is 1. The van der Waals surface area contributed by atoms with E-state index >= 15 is 0 Å². The first-order valence-electron chi connectivity index (χ1n) is 11.2. The lowest BCUT2D eigenvalue weighted by Gasteiger charge is -2.35. The largest absolute Gasteiger partial charge is 0.481 e. The summed E-state index contributed by atoms with van der Waals surface area (Å²) in [6.07, 6.45) is -2.49. The third-order valence-electron chi connectivity index (χ3n) is 6.11. The van der Waals surface area contributed by atoms with E-state index in [4.69, 9.17) is 4.74 Å². The average Bonchev–Trinajstić information content (AvgIpc) is 2.69. The van der Waals surface area contributed by atoms with Crippen molar-refractivity contribution < 1.29 is 32.6 Å². The van der Waals surface area contributed by atoms with Crippen molar-refractivity contribution in [2.75, 3.05) is 0 Å². The number of carboxylic acid groups (broad SMARTS) is 1. The van der Waals surface area contributed by atoms with Crippen LogP contribution in [0.3, 0.4) is 0 Å². The van der Waals surface area contributed by atoms with Crippen LogP contribution in [-0.2, 0) is 14.3 Å². The van der Waals surface area contributed by atoms with Gasteiger partial charge in [0.1, 0.15) is 6.10 Å². The number of esters is 1. The third-order valence-corrected chi connectivity index (χ3v) is 6.11. The van der Waals surface area contributed by atoms with Crippen LogP contribution < -0.4 is 0 Å². The van der Waals surface area contributed by atoms with Gasteiger partial charge < -0.3 is 9.84 Å². The molecule has 8 heteroatoms. The standard InChI is InChI=1S/C26H32F3NO4/c1-15(2)20(24(32)33)14-23(26(27,28)29)25(5,6)12-11-18-7-8-19-9-10-21(30-22(19)13-18)16(3)34-17(4)31/h7-13,15-16,20,23H,14H2,1-6H3,(H,32,33)/b12-11+/t16-,20+,23+/m1/s1. The third kappa shape index (κ3) is 7.05. The summed E-state index contributed by atoms with van der Waals surface area (Å²) in [4.78, 5) is 27.3. The Balaban J connectivity index is 2.36. The number of alkyl halides is 3. The Hall–Kier alpha value is -2.90. The SMILES string of the molecule is CC(=O)O[C@H](C)c1ccc2ccc(/C=C/C(C)(C)[C@H](C[C@H](C(=O)O)C(C)C)C(F)(F)F)cc2n1. The van der Waals surface area contributed by atoms with E-state index in [1.54, 1.807) is 45.0 Å². The molecule has 2 rings (SSSR count). The van der Waals surface area contributed by atoms with Crippen molar-refractivity contribution in [3.05, 3.63) is 47.7 Å². The van der Waals surface area contributed by atoms with Crippen molar-refractivity contribution >= 4 is 28.9 Å². The summed E-state index contributed by atoms with van der Waals surface area (Å²) in [5, 5.41) is 10.3. The summed E-state index contributed by atoms with van der Waals surface area (Å²) in [5.41, 5.74) is 0.503. The molecule has 1 heterocycles. The summed E-state index contributed by atoms with van der Waals surface area (Å²) >= 11 is 0. The molecule has 0 saturated heterocycles. The van der Waals surface area contributed by atoms with Gasteiger partial charge in [-0.2, -0.15) is 13.2 Å². The molecule has 34 heavy (non-hydrogen) atoms. The number of carbonyl (C=O) groups is 2. The molecule has 186 valence electrons. The summed E-state index contributed by atoms with van der Waals surface area (Å²) in [7, 11) is 0. The van der Waals surface area contributed by atoms with Crippen LogP contribution in [0.15, 0.2) is 36.4 Å². The van der Waals surface area contributed by atoms with Gasteiger partial charge >= 0.3 is 18.1 Å². The minimum Gasteiger partial charge on any atom is -0.481 e. The second kappa shape index (κ2) is 10.6. The van der Waals surface area contributed by atoms with Crippen LogP contribution in [0, 0.1) is 23.2 Å². The Labute approximate surface area is 198 Å². The van der Waals surface area contributed by atoms with Crippen LogP contribution in [-0.4, -0.2) is 28.2 Å². The van der Waals surface area contributed by atoms with E-state index in [-0.39, 0.29) is 0 Å². The maximum absolute atomic E-state index is 14.0. The minimum atomic E-state index is -4.55. The summed E-state index contributed by atoms with van der Waals surface area (Å²) < 4.78 is 47.1. The number of nitrogens with zero attached hydrogens (tertiary/aromatic N) is 1.